The van der Waals surface area contributed by atoms with Crippen molar-refractivity contribution in [1.82, 2.24) is 19.9 Å². The van der Waals surface area contributed by atoms with Crippen LogP contribution in [0.2, 0.25) is 0 Å². The van der Waals surface area contributed by atoms with Crippen LogP contribution in [0.1, 0.15) is 61.1 Å². The van der Waals surface area contributed by atoms with Crippen LogP contribution >= 0.6 is 0 Å². The summed E-state index contributed by atoms with van der Waals surface area (Å²) in [6.07, 6.45) is 10.1. The minimum atomic E-state index is 0. The summed E-state index contributed by atoms with van der Waals surface area (Å²) >= 11 is 0. The van der Waals surface area contributed by atoms with E-state index in [0.29, 0.717) is 12.1 Å². The molecular formula is C72H70N12Pt2-6. The summed E-state index contributed by atoms with van der Waals surface area (Å²) in [5.74, 6) is 3.46. The van der Waals surface area contributed by atoms with Crippen LogP contribution in [0.4, 0.5) is 57.4 Å². The average Bonchev–Trinajstić information content (AvgIpc) is 3.25. The molecule has 2 aromatic heterocycles. The zero-order valence-corrected chi connectivity index (χ0v) is 54.6. The summed E-state index contributed by atoms with van der Waals surface area (Å²) in [7, 11) is 0. The molecule has 0 bridgehead atoms. The van der Waals surface area contributed by atoms with Crippen molar-refractivity contribution in [2.75, 3.05) is 19.6 Å². The van der Waals surface area contributed by atoms with Crippen molar-refractivity contribution < 1.29 is 42.1 Å². The van der Waals surface area contributed by atoms with Crippen LogP contribution in [0.3, 0.4) is 0 Å². The van der Waals surface area contributed by atoms with Crippen molar-refractivity contribution in [3.05, 3.63) is 276 Å². The Morgan fingerprint density at radius 3 is 1.06 bits per heavy atom. The number of aryl methyl sites for hydroxylation is 6. The Balaban J connectivity index is 0.000000169. The molecule has 12 rings (SSSR count). The second kappa shape index (κ2) is 31.5. The Labute approximate surface area is 537 Å². The second-order valence-electron chi connectivity index (χ2n) is 20.9. The first-order chi connectivity index (χ1) is 40.8. The van der Waals surface area contributed by atoms with Gasteiger partial charge >= 0.3 is 0 Å². The van der Waals surface area contributed by atoms with Gasteiger partial charge in [0.15, 0.2) is 0 Å². The molecule has 0 aliphatic carbocycles. The molecule has 2 aliphatic rings. The molecule has 14 heteroatoms. The van der Waals surface area contributed by atoms with E-state index < -0.39 is 0 Å². The molecule has 0 unspecified atom stereocenters. The SMILES string of the molecule is C(=Nc1ccccc1)[N-]c1ccccc1.C(=Nc1ccccc1)[N-]c1ccccc1.Cc1cc(C)c(-c2cc[c-]c(N3[CH-]N(C(C)C)c4nccnc43)c2)c(C)c1.Cc1cc(C)c(-c2cc[c-]c(N3[CH-]N(C(C)C)c4nccnc43)c2)c(C)c1.[Pt].[Pt]. The summed E-state index contributed by atoms with van der Waals surface area (Å²) in [4.78, 5) is 35.1. The fourth-order valence-electron chi connectivity index (χ4n) is 10.1. The number of benzene rings is 8. The Bertz CT molecular complexity index is 3510. The van der Waals surface area contributed by atoms with Crippen LogP contribution < -0.4 is 19.6 Å². The van der Waals surface area contributed by atoms with Crippen molar-refractivity contribution in [3.8, 4) is 22.3 Å². The predicted molar refractivity (Wildman–Crippen MR) is 350 cm³/mol. The van der Waals surface area contributed by atoms with E-state index in [4.69, 9.17) is 0 Å². The van der Waals surface area contributed by atoms with Gasteiger partial charge in [0.05, 0.1) is 0 Å². The van der Waals surface area contributed by atoms with E-state index in [1.54, 1.807) is 37.5 Å². The van der Waals surface area contributed by atoms with Crippen LogP contribution in [0.25, 0.3) is 32.9 Å². The minimum absolute atomic E-state index is 0. The number of para-hydroxylation sites is 4. The molecule has 0 N–H and O–H groups in total. The zero-order valence-electron chi connectivity index (χ0n) is 50.1. The average molecular weight is 1490 g/mol. The van der Waals surface area contributed by atoms with Crippen LogP contribution in [0.15, 0.2) is 217 Å². The molecular weight excluding hydrogens is 1420 g/mol. The molecule has 0 fully saturated rings. The van der Waals surface area contributed by atoms with E-state index in [1.807, 2.05) is 133 Å². The van der Waals surface area contributed by atoms with E-state index in [1.165, 1.54) is 55.6 Å². The van der Waals surface area contributed by atoms with Gasteiger partial charge in [-0.15, -0.1) is 48.0 Å². The molecule has 0 atom stereocenters. The fraction of sp³-hybridized carbons (Fsp3) is 0.167. The zero-order chi connectivity index (χ0) is 59.0. The molecule has 4 heterocycles. The molecule has 0 amide bonds. The van der Waals surface area contributed by atoms with Gasteiger partial charge in [-0.25, -0.2) is 19.9 Å². The van der Waals surface area contributed by atoms with Gasteiger partial charge < -0.3 is 40.2 Å². The molecule has 86 heavy (non-hydrogen) atoms. The van der Waals surface area contributed by atoms with Crippen LogP contribution in [-0.4, -0.2) is 44.7 Å². The standard InChI is InChI=1S/2C23H24N4.2C13H11N2.2Pt/c2*1-15(2)26-14-27(23-22(26)24-9-10-25-23)20-8-6-7-19(13-20)21-17(4)11-16(3)12-18(21)5;2*1-3-7-12(8-4-1)14-11-15-13-9-5-2-6-10-13;;/h2*6-7,9-15H,1-5H3;2*1-11H;;/q2*-2;2*-1;;. The Morgan fingerprint density at radius 1 is 0.419 bits per heavy atom. The van der Waals surface area contributed by atoms with E-state index in [9.17, 15) is 0 Å². The Hall–Kier alpha value is -8.56. The molecule has 2 aliphatic heterocycles. The number of nitrogens with zero attached hydrogens (tertiary/aromatic N) is 12. The van der Waals surface area contributed by atoms with Crippen molar-refractivity contribution in [3.63, 3.8) is 0 Å². The Kier molecular flexibility index (Phi) is 23.8. The van der Waals surface area contributed by atoms with Crippen molar-refractivity contribution in [1.29, 1.82) is 0 Å². The summed E-state index contributed by atoms with van der Waals surface area (Å²) in [6.45, 7) is 25.7. The fourth-order valence-corrected chi connectivity index (χ4v) is 10.1. The van der Waals surface area contributed by atoms with E-state index in [2.05, 4.69) is 203 Å². The van der Waals surface area contributed by atoms with Crippen molar-refractivity contribution in [2.45, 2.75) is 81.3 Å². The first-order valence-electron chi connectivity index (χ1n) is 28.1. The monoisotopic (exact) mass is 1490 g/mol. The van der Waals surface area contributed by atoms with Gasteiger partial charge in [-0.2, -0.15) is 36.4 Å². The van der Waals surface area contributed by atoms with Crippen LogP contribution in [-0.2, 0) is 42.1 Å². The molecule has 10 aromatic rings. The van der Waals surface area contributed by atoms with Gasteiger partial charge in [-0.05, 0) is 137 Å². The van der Waals surface area contributed by atoms with E-state index in [-0.39, 0.29) is 42.1 Å². The maximum atomic E-state index is 4.57. The quantitative estimate of drug-likeness (QED) is 0.0674. The molecule has 8 aromatic carbocycles. The molecule has 0 spiro atoms. The number of rotatable bonds is 12. The first-order valence-corrected chi connectivity index (χ1v) is 28.1. The van der Waals surface area contributed by atoms with E-state index in [0.717, 1.165) is 57.4 Å². The van der Waals surface area contributed by atoms with Gasteiger partial charge in [-0.1, -0.05) is 169 Å². The van der Waals surface area contributed by atoms with E-state index >= 15 is 0 Å². The number of hydrogen-bond acceptors (Lipinski definition) is 10. The summed E-state index contributed by atoms with van der Waals surface area (Å²) in [5, 5.41) is 8.42. The summed E-state index contributed by atoms with van der Waals surface area (Å²) in [5.41, 5.74) is 18.3. The number of aromatic nitrogens is 4. The first kappa shape index (κ1) is 65.0. The number of hydrogen-bond donors (Lipinski definition) is 0. The smallest absolute Gasteiger partial charge is 0.144 e. The van der Waals surface area contributed by atoms with Gasteiger partial charge in [0.25, 0.3) is 0 Å². The number of aliphatic imine (C=N–C) groups is 2. The van der Waals surface area contributed by atoms with Gasteiger partial charge in [-0.3, -0.25) is 0 Å². The topological polar surface area (TPSA) is 117 Å². The molecule has 0 saturated carbocycles. The second-order valence-corrected chi connectivity index (χ2v) is 20.9. The van der Waals surface area contributed by atoms with Gasteiger partial charge in [0.1, 0.15) is 23.3 Å². The third-order valence-corrected chi connectivity index (χ3v) is 13.7. The van der Waals surface area contributed by atoms with Crippen LogP contribution in [0.5, 0.6) is 0 Å². The van der Waals surface area contributed by atoms with Gasteiger partial charge in [0.2, 0.25) is 0 Å². The maximum Gasteiger partial charge on any atom is 0.144 e. The van der Waals surface area contributed by atoms with Crippen molar-refractivity contribution in [2.24, 2.45) is 9.98 Å². The minimum Gasteiger partial charge on any atom is -0.483 e. The largest absolute Gasteiger partial charge is 0.483 e. The number of anilines is 6. The molecule has 444 valence electrons. The molecule has 0 saturated heterocycles. The normalized spacial score (nSPS) is 12.0. The summed E-state index contributed by atoms with van der Waals surface area (Å²) in [6, 6.07) is 67.9. The summed E-state index contributed by atoms with van der Waals surface area (Å²) < 4.78 is 0. The third-order valence-electron chi connectivity index (χ3n) is 13.7. The number of fused-ring (bicyclic) bond motifs is 2. The molecule has 0 radical (unpaired) electrons. The molecule has 12 nitrogen and oxygen atoms in total. The third kappa shape index (κ3) is 16.9. The van der Waals surface area contributed by atoms with Crippen LogP contribution in [0, 0.1) is 67.0 Å². The Morgan fingerprint density at radius 2 is 0.733 bits per heavy atom. The maximum absolute atomic E-state index is 4.57. The van der Waals surface area contributed by atoms with Crippen molar-refractivity contribution >= 4 is 70.1 Å². The van der Waals surface area contributed by atoms with Gasteiger partial charge in [0, 0.05) is 66.9 Å². The predicted octanol–water partition coefficient (Wildman–Crippen LogP) is 18.8.